The van der Waals surface area contributed by atoms with Gasteiger partial charge in [-0.3, -0.25) is 9.59 Å². The maximum absolute atomic E-state index is 12.6. The van der Waals surface area contributed by atoms with E-state index < -0.39 is 0 Å². The lowest BCUT2D eigenvalue weighted by Crippen LogP contribution is -2.52. The van der Waals surface area contributed by atoms with Gasteiger partial charge in [-0.2, -0.15) is 5.10 Å². The highest BCUT2D eigenvalue weighted by Crippen LogP contribution is 2.38. The van der Waals surface area contributed by atoms with Gasteiger partial charge < -0.3 is 15.1 Å². The van der Waals surface area contributed by atoms with Gasteiger partial charge in [-0.15, -0.1) is 5.10 Å². The molecule has 2 amide bonds. The SMILES string of the molecule is O=C1CCC(C(=O)N2CCN(c3ccc(C4CC4)nn3)CC2)CN1. The fourth-order valence-corrected chi connectivity index (χ4v) is 3.46. The first kappa shape index (κ1) is 15.4. The van der Waals surface area contributed by atoms with Crippen LogP contribution in [0.15, 0.2) is 12.1 Å². The molecule has 1 aromatic heterocycles. The molecule has 0 bridgehead atoms. The molecule has 128 valence electrons. The number of piperidine rings is 1. The lowest BCUT2D eigenvalue weighted by molar-refractivity contribution is -0.137. The molecule has 0 spiro atoms. The number of carbonyl (C=O) groups is 2. The molecular weight excluding hydrogens is 306 g/mol. The van der Waals surface area contributed by atoms with Crippen LogP contribution in [-0.4, -0.2) is 59.6 Å². The molecule has 1 saturated carbocycles. The van der Waals surface area contributed by atoms with Gasteiger partial charge in [0.05, 0.1) is 11.6 Å². The molecule has 1 aromatic rings. The van der Waals surface area contributed by atoms with Crippen molar-refractivity contribution in [3.63, 3.8) is 0 Å². The number of rotatable bonds is 3. The molecule has 3 aliphatic rings. The van der Waals surface area contributed by atoms with Crippen molar-refractivity contribution in [1.82, 2.24) is 20.4 Å². The summed E-state index contributed by atoms with van der Waals surface area (Å²) in [7, 11) is 0. The molecule has 2 saturated heterocycles. The van der Waals surface area contributed by atoms with E-state index in [2.05, 4.69) is 32.5 Å². The van der Waals surface area contributed by atoms with Gasteiger partial charge in [0, 0.05) is 45.1 Å². The second-order valence-electron chi connectivity index (χ2n) is 6.94. The van der Waals surface area contributed by atoms with Crippen molar-refractivity contribution >= 4 is 17.6 Å². The number of aromatic nitrogens is 2. The van der Waals surface area contributed by atoms with Crippen LogP contribution in [0.4, 0.5) is 5.82 Å². The van der Waals surface area contributed by atoms with Gasteiger partial charge in [-0.05, 0) is 31.4 Å². The summed E-state index contributed by atoms with van der Waals surface area (Å²) in [5, 5.41) is 11.5. The fourth-order valence-electron chi connectivity index (χ4n) is 3.46. The Morgan fingerprint density at radius 2 is 1.88 bits per heavy atom. The van der Waals surface area contributed by atoms with Crippen molar-refractivity contribution in [2.45, 2.75) is 31.6 Å². The molecule has 1 N–H and O–H groups in total. The predicted octanol–water partition coefficient (Wildman–Crippen LogP) is 0.529. The highest BCUT2D eigenvalue weighted by molar-refractivity contribution is 5.84. The Hall–Kier alpha value is -2.18. The predicted molar refractivity (Wildman–Crippen MR) is 88.5 cm³/mol. The van der Waals surface area contributed by atoms with Gasteiger partial charge in [-0.1, -0.05) is 0 Å². The summed E-state index contributed by atoms with van der Waals surface area (Å²) in [6, 6.07) is 4.14. The third-order valence-electron chi connectivity index (χ3n) is 5.20. The number of anilines is 1. The van der Waals surface area contributed by atoms with E-state index in [0.717, 1.165) is 24.6 Å². The average Bonchev–Trinajstić information content (AvgIpc) is 3.47. The van der Waals surface area contributed by atoms with Gasteiger partial charge in [0.1, 0.15) is 0 Å². The number of hydrogen-bond acceptors (Lipinski definition) is 5. The van der Waals surface area contributed by atoms with Crippen molar-refractivity contribution in [2.24, 2.45) is 5.92 Å². The Bertz CT molecular complexity index is 610. The molecule has 3 fully saturated rings. The summed E-state index contributed by atoms with van der Waals surface area (Å²) in [5.74, 6) is 1.68. The summed E-state index contributed by atoms with van der Waals surface area (Å²) in [5.41, 5.74) is 1.10. The van der Waals surface area contributed by atoms with Crippen LogP contribution in [0.1, 0.15) is 37.3 Å². The quantitative estimate of drug-likeness (QED) is 0.875. The normalized spacial score (nSPS) is 24.7. The van der Waals surface area contributed by atoms with Crippen molar-refractivity contribution in [3.8, 4) is 0 Å². The van der Waals surface area contributed by atoms with E-state index in [-0.39, 0.29) is 17.7 Å². The zero-order valence-corrected chi connectivity index (χ0v) is 13.8. The highest BCUT2D eigenvalue weighted by atomic mass is 16.2. The van der Waals surface area contributed by atoms with Crippen LogP contribution in [0.25, 0.3) is 0 Å². The fraction of sp³-hybridized carbons (Fsp3) is 0.647. The molecule has 4 rings (SSSR count). The number of nitrogens with zero attached hydrogens (tertiary/aromatic N) is 4. The first-order valence-corrected chi connectivity index (χ1v) is 8.85. The summed E-state index contributed by atoms with van der Waals surface area (Å²) in [6.45, 7) is 3.45. The number of carbonyl (C=O) groups excluding carboxylic acids is 2. The Morgan fingerprint density at radius 3 is 2.46 bits per heavy atom. The van der Waals surface area contributed by atoms with E-state index in [9.17, 15) is 9.59 Å². The lowest BCUT2D eigenvalue weighted by Gasteiger charge is -2.37. The molecule has 0 aromatic carbocycles. The van der Waals surface area contributed by atoms with Gasteiger partial charge in [-0.25, -0.2) is 0 Å². The molecule has 2 aliphatic heterocycles. The van der Waals surface area contributed by atoms with E-state index in [1.54, 1.807) is 0 Å². The summed E-state index contributed by atoms with van der Waals surface area (Å²) in [4.78, 5) is 27.9. The zero-order valence-electron chi connectivity index (χ0n) is 13.8. The Balaban J connectivity index is 1.31. The van der Waals surface area contributed by atoms with Gasteiger partial charge in [0.15, 0.2) is 5.82 Å². The molecule has 3 heterocycles. The van der Waals surface area contributed by atoms with Gasteiger partial charge in [0.2, 0.25) is 11.8 Å². The average molecular weight is 329 g/mol. The molecule has 7 nitrogen and oxygen atoms in total. The minimum atomic E-state index is -0.0631. The van der Waals surface area contributed by atoms with E-state index in [1.165, 1.54) is 12.8 Å². The number of hydrogen-bond donors (Lipinski definition) is 1. The maximum atomic E-state index is 12.6. The van der Waals surface area contributed by atoms with Crippen molar-refractivity contribution < 1.29 is 9.59 Å². The summed E-state index contributed by atoms with van der Waals surface area (Å²) in [6.07, 6.45) is 3.59. The molecule has 1 unspecified atom stereocenters. The number of amides is 2. The van der Waals surface area contributed by atoms with Crippen molar-refractivity contribution in [2.75, 3.05) is 37.6 Å². The standard InChI is InChI=1S/C17H23N5O2/c23-16-6-3-13(11-18-16)17(24)22-9-7-21(8-10-22)15-5-4-14(19-20-15)12-1-2-12/h4-5,12-13H,1-3,6-11H2,(H,18,23). The minimum absolute atomic E-state index is 0.0529. The minimum Gasteiger partial charge on any atom is -0.355 e. The van der Waals surface area contributed by atoms with Crippen LogP contribution < -0.4 is 10.2 Å². The van der Waals surface area contributed by atoms with Crippen LogP contribution in [0.5, 0.6) is 0 Å². The Kier molecular flexibility index (Phi) is 4.08. The first-order valence-electron chi connectivity index (χ1n) is 8.85. The first-order chi connectivity index (χ1) is 11.7. The van der Waals surface area contributed by atoms with Gasteiger partial charge >= 0.3 is 0 Å². The van der Waals surface area contributed by atoms with Crippen molar-refractivity contribution in [3.05, 3.63) is 17.8 Å². The zero-order chi connectivity index (χ0) is 16.5. The van der Waals surface area contributed by atoms with Crippen LogP contribution in [0.2, 0.25) is 0 Å². The van der Waals surface area contributed by atoms with Crippen LogP contribution >= 0.6 is 0 Å². The molecular formula is C17H23N5O2. The largest absolute Gasteiger partial charge is 0.355 e. The van der Waals surface area contributed by atoms with E-state index >= 15 is 0 Å². The monoisotopic (exact) mass is 329 g/mol. The topological polar surface area (TPSA) is 78.4 Å². The van der Waals surface area contributed by atoms with E-state index in [0.29, 0.717) is 38.4 Å². The second-order valence-corrected chi connectivity index (χ2v) is 6.94. The maximum Gasteiger partial charge on any atom is 0.227 e. The van der Waals surface area contributed by atoms with E-state index in [1.807, 2.05) is 4.90 Å². The number of piperazine rings is 1. The Labute approximate surface area is 141 Å². The lowest BCUT2D eigenvalue weighted by atomic mass is 9.97. The third kappa shape index (κ3) is 3.20. The Morgan fingerprint density at radius 1 is 1.08 bits per heavy atom. The molecule has 1 aliphatic carbocycles. The second kappa shape index (κ2) is 6.37. The summed E-state index contributed by atoms with van der Waals surface area (Å²) < 4.78 is 0. The number of nitrogens with one attached hydrogen (secondary N) is 1. The highest BCUT2D eigenvalue weighted by Gasteiger charge is 2.31. The third-order valence-corrected chi connectivity index (χ3v) is 5.20. The van der Waals surface area contributed by atoms with Crippen molar-refractivity contribution in [1.29, 1.82) is 0 Å². The molecule has 7 heteroatoms. The molecule has 0 radical (unpaired) electrons. The van der Waals surface area contributed by atoms with Crippen LogP contribution in [0.3, 0.4) is 0 Å². The summed E-state index contributed by atoms with van der Waals surface area (Å²) >= 11 is 0. The molecule has 1 atom stereocenters. The van der Waals surface area contributed by atoms with E-state index in [4.69, 9.17) is 0 Å². The van der Waals surface area contributed by atoms with Gasteiger partial charge in [0.25, 0.3) is 0 Å². The van der Waals surface area contributed by atoms with Crippen LogP contribution in [0, 0.1) is 5.92 Å². The molecule has 24 heavy (non-hydrogen) atoms. The van der Waals surface area contributed by atoms with Crippen LogP contribution in [-0.2, 0) is 9.59 Å². The smallest absolute Gasteiger partial charge is 0.227 e.